The second-order valence-electron chi connectivity index (χ2n) is 6.21. The number of likely N-dealkylation sites (N-methyl/N-ethyl adjacent to an activating group) is 1. The van der Waals surface area contributed by atoms with Crippen LogP contribution in [0.4, 0.5) is 5.69 Å². The van der Waals surface area contributed by atoms with Crippen molar-refractivity contribution in [2.24, 2.45) is 0 Å². The van der Waals surface area contributed by atoms with E-state index in [2.05, 4.69) is 10.3 Å². The van der Waals surface area contributed by atoms with Crippen molar-refractivity contribution in [2.75, 3.05) is 11.4 Å². The monoisotopic (exact) mass is 358 g/mol. The van der Waals surface area contributed by atoms with Crippen LogP contribution in [0.15, 0.2) is 71.5 Å². The number of anilines is 1. The van der Waals surface area contributed by atoms with Crippen molar-refractivity contribution < 1.29 is 4.79 Å². The number of hydrogen-bond acceptors (Lipinski definition) is 4. The Morgan fingerprint density at radius 1 is 0.963 bits per heavy atom. The molecule has 134 valence electrons. The second-order valence-corrected chi connectivity index (χ2v) is 6.21. The minimum Gasteiger partial charge on any atom is -0.310 e. The molecule has 0 bridgehead atoms. The topological polar surface area (TPSA) is 68.1 Å². The van der Waals surface area contributed by atoms with Gasteiger partial charge in [0.2, 0.25) is 5.91 Å². The van der Waals surface area contributed by atoms with Crippen LogP contribution < -0.4 is 10.5 Å². The Kier molecular flexibility index (Phi) is 4.38. The van der Waals surface area contributed by atoms with E-state index in [1.54, 1.807) is 29.2 Å². The van der Waals surface area contributed by atoms with E-state index in [4.69, 9.17) is 0 Å². The molecule has 0 spiro atoms. The molecule has 0 saturated carbocycles. The summed E-state index contributed by atoms with van der Waals surface area (Å²) >= 11 is 0. The van der Waals surface area contributed by atoms with Crippen molar-refractivity contribution in [2.45, 2.75) is 13.5 Å². The van der Waals surface area contributed by atoms with Gasteiger partial charge in [-0.1, -0.05) is 53.7 Å². The molecular weight excluding hydrogens is 340 g/mol. The van der Waals surface area contributed by atoms with E-state index in [9.17, 15) is 9.59 Å². The average molecular weight is 358 g/mol. The van der Waals surface area contributed by atoms with Crippen LogP contribution in [-0.2, 0) is 11.3 Å². The molecule has 3 aromatic carbocycles. The van der Waals surface area contributed by atoms with Crippen molar-refractivity contribution >= 4 is 33.3 Å². The van der Waals surface area contributed by atoms with Crippen LogP contribution in [0.5, 0.6) is 0 Å². The van der Waals surface area contributed by atoms with Crippen molar-refractivity contribution in [3.8, 4) is 0 Å². The van der Waals surface area contributed by atoms with E-state index in [0.29, 0.717) is 17.4 Å². The van der Waals surface area contributed by atoms with Crippen LogP contribution in [0, 0.1) is 0 Å². The van der Waals surface area contributed by atoms with Gasteiger partial charge in [0, 0.05) is 11.9 Å². The largest absolute Gasteiger partial charge is 0.310 e. The number of fused-ring (bicyclic) bond motifs is 2. The zero-order valence-corrected chi connectivity index (χ0v) is 14.9. The van der Waals surface area contributed by atoms with Gasteiger partial charge in [0.15, 0.2) is 0 Å². The van der Waals surface area contributed by atoms with Crippen LogP contribution in [0.3, 0.4) is 0 Å². The Labute approximate surface area is 155 Å². The third-order valence-corrected chi connectivity index (χ3v) is 4.59. The normalized spacial score (nSPS) is 11.0. The van der Waals surface area contributed by atoms with E-state index < -0.39 is 0 Å². The van der Waals surface area contributed by atoms with Crippen molar-refractivity contribution in [1.82, 2.24) is 15.0 Å². The quantitative estimate of drug-likeness (QED) is 0.562. The molecule has 1 heterocycles. The predicted molar refractivity (Wildman–Crippen MR) is 106 cm³/mol. The van der Waals surface area contributed by atoms with E-state index >= 15 is 0 Å². The summed E-state index contributed by atoms with van der Waals surface area (Å²) in [6.45, 7) is 2.24. The van der Waals surface area contributed by atoms with Crippen molar-refractivity contribution in [1.29, 1.82) is 0 Å². The second kappa shape index (κ2) is 6.99. The van der Waals surface area contributed by atoms with Gasteiger partial charge < -0.3 is 4.90 Å². The van der Waals surface area contributed by atoms with Crippen molar-refractivity contribution in [3.05, 3.63) is 77.1 Å². The summed E-state index contributed by atoms with van der Waals surface area (Å²) in [7, 11) is 0. The van der Waals surface area contributed by atoms with E-state index in [-0.39, 0.29) is 18.0 Å². The van der Waals surface area contributed by atoms with Gasteiger partial charge in [-0.05, 0) is 30.5 Å². The van der Waals surface area contributed by atoms with Crippen LogP contribution in [0.25, 0.3) is 21.7 Å². The first-order valence-electron chi connectivity index (χ1n) is 8.79. The summed E-state index contributed by atoms with van der Waals surface area (Å²) in [6, 6.07) is 20.7. The lowest BCUT2D eigenvalue weighted by Crippen LogP contribution is -2.37. The number of carbonyl (C=O) groups is 1. The molecule has 0 unspecified atom stereocenters. The van der Waals surface area contributed by atoms with Crippen LogP contribution >= 0.6 is 0 Å². The molecule has 6 heteroatoms. The van der Waals surface area contributed by atoms with Gasteiger partial charge in [0.05, 0.1) is 11.1 Å². The smallest absolute Gasteiger partial charge is 0.278 e. The lowest BCUT2D eigenvalue weighted by molar-refractivity contribution is -0.119. The van der Waals surface area contributed by atoms with Gasteiger partial charge in [-0.3, -0.25) is 9.59 Å². The maximum atomic E-state index is 13.0. The Morgan fingerprint density at radius 2 is 1.67 bits per heavy atom. The molecule has 0 saturated heterocycles. The number of benzene rings is 3. The maximum Gasteiger partial charge on any atom is 0.278 e. The molecule has 0 aliphatic heterocycles. The zero-order chi connectivity index (χ0) is 18.8. The van der Waals surface area contributed by atoms with Gasteiger partial charge in [0.25, 0.3) is 5.56 Å². The van der Waals surface area contributed by atoms with Crippen LogP contribution in [0.1, 0.15) is 6.92 Å². The predicted octanol–water partition coefficient (Wildman–Crippen LogP) is 3.00. The fourth-order valence-electron chi connectivity index (χ4n) is 3.27. The van der Waals surface area contributed by atoms with E-state index in [1.807, 2.05) is 49.4 Å². The Balaban J connectivity index is 1.71. The number of nitrogens with zero attached hydrogens (tertiary/aromatic N) is 4. The minimum absolute atomic E-state index is 0.159. The summed E-state index contributed by atoms with van der Waals surface area (Å²) in [5, 5.41) is 10.5. The minimum atomic E-state index is -0.317. The molecule has 4 aromatic rings. The number of hydrogen-bond donors (Lipinski definition) is 0. The molecule has 0 N–H and O–H groups in total. The Hall–Kier alpha value is -3.54. The number of aromatic nitrogens is 3. The highest BCUT2D eigenvalue weighted by Gasteiger charge is 2.18. The first-order valence-corrected chi connectivity index (χ1v) is 8.79. The molecule has 0 atom stereocenters. The van der Waals surface area contributed by atoms with Gasteiger partial charge in [-0.25, -0.2) is 4.68 Å². The molecule has 27 heavy (non-hydrogen) atoms. The molecule has 4 rings (SSSR count). The zero-order valence-electron chi connectivity index (χ0n) is 14.9. The third kappa shape index (κ3) is 3.06. The standard InChI is InChI=1S/C21H18N4O2/c1-2-24(19-13-7-9-15-8-3-4-10-16(15)19)20(26)14-25-21(27)17-11-5-6-12-18(17)22-23-25/h3-13H,2,14H2,1H3. The van der Waals surface area contributed by atoms with Crippen LogP contribution in [0.2, 0.25) is 0 Å². The van der Waals surface area contributed by atoms with Crippen molar-refractivity contribution in [3.63, 3.8) is 0 Å². The molecule has 6 nitrogen and oxygen atoms in total. The van der Waals surface area contributed by atoms with Crippen LogP contribution in [-0.4, -0.2) is 27.4 Å². The van der Waals surface area contributed by atoms with Gasteiger partial charge in [-0.15, -0.1) is 5.10 Å². The van der Waals surface area contributed by atoms with Gasteiger partial charge in [0.1, 0.15) is 12.1 Å². The summed E-state index contributed by atoms with van der Waals surface area (Å²) in [5.74, 6) is -0.208. The Bertz CT molecular complexity index is 1190. The molecular formula is C21H18N4O2. The SMILES string of the molecule is CCN(C(=O)Cn1nnc2ccccc2c1=O)c1cccc2ccccc12. The molecule has 0 aliphatic rings. The molecule has 0 aliphatic carbocycles. The molecule has 1 amide bonds. The molecule has 1 aromatic heterocycles. The number of carbonyl (C=O) groups excluding carboxylic acids is 1. The average Bonchev–Trinajstić information content (AvgIpc) is 2.71. The fraction of sp³-hybridized carbons (Fsp3) is 0.143. The van der Waals surface area contributed by atoms with Gasteiger partial charge in [-0.2, -0.15) is 0 Å². The highest BCUT2D eigenvalue weighted by atomic mass is 16.2. The molecule has 0 radical (unpaired) electrons. The summed E-state index contributed by atoms with van der Waals surface area (Å²) in [4.78, 5) is 27.3. The third-order valence-electron chi connectivity index (χ3n) is 4.59. The molecule has 0 fully saturated rings. The first kappa shape index (κ1) is 16.9. The maximum absolute atomic E-state index is 13.0. The van der Waals surface area contributed by atoms with E-state index in [0.717, 1.165) is 21.1 Å². The highest BCUT2D eigenvalue weighted by molar-refractivity contribution is 6.03. The van der Waals surface area contributed by atoms with E-state index in [1.165, 1.54) is 0 Å². The van der Waals surface area contributed by atoms with Gasteiger partial charge >= 0.3 is 0 Å². The summed E-state index contributed by atoms with van der Waals surface area (Å²) in [6.07, 6.45) is 0. The first-order chi connectivity index (χ1) is 13.2. The number of rotatable bonds is 4. The lowest BCUT2D eigenvalue weighted by atomic mass is 10.1. The summed E-state index contributed by atoms with van der Waals surface area (Å²) < 4.78 is 1.12. The highest BCUT2D eigenvalue weighted by Crippen LogP contribution is 2.26. The lowest BCUT2D eigenvalue weighted by Gasteiger charge is -2.23. The Morgan fingerprint density at radius 3 is 2.48 bits per heavy atom. The summed E-state index contributed by atoms with van der Waals surface area (Å²) in [5.41, 5.74) is 1.03. The fourth-order valence-corrected chi connectivity index (χ4v) is 3.27. The number of amides is 1.